The lowest BCUT2D eigenvalue weighted by atomic mass is 10.1. The van der Waals surface area contributed by atoms with E-state index in [0.29, 0.717) is 25.4 Å². The van der Waals surface area contributed by atoms with E-state index in [9.17, 15) is 4.79 Å². The second-order valence-corrected chi connectivity index (χ2v) is 6.11. The number of rotatable bonds is 8. The molecule has 0 spiro atoms. The summed E-state index contributed by atoms with van der Waals surface area (Å²) in [6.45, 7) is 14.0. The quantitative estimate of drug-likeness (QED) is 0.604. The molecule has 1 saturated heterocycles. The molecule has 1 aliphatic heterocycles. The third-order valence-electron chi connectivity index (χ3n) is 3.94. The molecular weight excluding hydrogens is 268 g/mol. The summed E-state index contributed by atoms with van der Waals surface area (Å²) in [5, 5.41) is 14.8. The minimum atomic E-state index is -0.369. The number of nitrogens with one attached hydrogen (secondary N) is 2. The summed E-state index contributed by atoms with van der Waals surface area (Å²) in [6.07, 6.45) is 0.219. The van der Waals surface area contributed by atoms with Crippen LogP contribution in [0.25, 0.3) is 0 Å². The van der Waals surface area contributed by atoms with Gasteiger partial charge in [0.1, 0.15) is 0 Å². The van der Waals surface area contributed by atoms with Crippen molar-refractivity contribution in [1.82, 2.24) is 20.4 Å². The van der Waals surface area contributed by atoms with E-state index in [0.717, 1.165) is 39.3 Å². The Labute approximate surface area is 128 Å². The zero-order valence-electron chi connectivity index (χ0n) is 13.8. The average Bonchev–Trinajstić information content (AvgIpc) is 2.45. The number of nitrogens with zero attached hydrogens (tertiary/aromatic N) is 2. The highest BCUT2D eigenvalue weighted by Gasteiger charge is 2.17. The van der Waals surface area contributed by atoms with E-state index in [1.807, 2.05) is 0 Å². The Kier molecular flexibility index (Phi) is 8.64. The molecule has 1 fully saturated rings. The van der Waals surface area contributed by atoms with Gasteiger partial charge in [-0.2, -0.15) is 0 Å². The first-order valence-electron chi connectivity index (χ1n) is 8.15. The number of likely N-dealkylation sites (N-methyl/N-ethyl adjacent to an activating group) is 1. The van der Waals surface area contributed by atoms with Gasteiger partial charge in [-0.1, -0.05) is 13.8 Å². The number of hydrogen-bond donors (Lipinski definition) is 3. The monoisotopic (exact) mass is 300 g/mol. The summed E-state index contributed by atoms with van der Waals surface area (Å²) in [7, 11) is 0. The van der Waals surface area contributed by atoms with Crippen LogP contribution in [-0.2, 0) is 0 Å². The third-order valence-corrected chi connectivity index (χ3v) is 3.94. The standard InChI is InChI=1S/C15H32N4O2/c1-4-18-7-9-19(10-8-18)12-13(2)11-17-15(21)16-6-5-14(3)20/h13-14,20H,4-12H2,1-3H3,(H2,16,17,21). The first kappa shape index (κ1) is 18.2. The molecule has 0 aliphatic carbocycles. The Bertz CT molecular complexity index is 291. The Morgan fingerprint density at radius 2 is 1.76 bits per heavy atom. The Morgan fingerprint density at radius 3 is 2.33 bits per heavy atom. The van der Waals surface area contributed by atoms with Gasteiger partial charge in [0.25, 0.3) is 0 Å². The van der Waals surface area contributed by atoms with Crippen molar-refractivity contribution in [2.75, 3.05) is 52.4 Å². The molecule has 0 aromatic heterocycles. The minimum absolute atomic E-state index is 0.140. The topological polar surface area (TPSA) is 67.8 Å². The molecule has 6 nitrogen and oxygen atoms in total. The van der Waals surface area contributed by atoms with E-state index in [1.165, 1.54) is 0 Å². The van der Waals surface area contributed by atoms with Gasteiger partial charge in [0.2, 0.25) is 0 Å². The molecule has 1 heterocycles. The summed E-state index contributed by atoms with van der Waals surface area (Å²) >= 11 is 0. The molecule has 2 unspecified atom stereocenters. The van der Waals surface area contributed by atoms with Crippen molar-refractivity contribution in [3.63, 3.8) is 0 Å². The van der Waals surface area contributed by atoms with Crippen LogP contribution >= 0.6 is 0 Å². The van der Waals surface area contributed by atoms with Gasteiger partial charge in [-0.3, -0.25) is 0 Å². The second kappa shape index (κ2) is 9.97. The third kappa shape index (κ3) is 8.24. The van der Waals surface area contributed by atoms with Crippen LogP contribution in [0.4, 0.5) is 4.79 Å². The van der Waals surface area contributed by atoms with Gasteiger partial charge in [-0.05, 0) is 25.8 Å². The first-order chi connectivity index (χ1) is 10.0. The van der Waals surface area contributed by atoms with Crippen LogP contribution in [0, 0.1) is 5.92 Å². The van der Waals surface area contributed by atoms with Crippen LogP contribution in [0.3, 0.4) is 0 Å². The molecule has 124 valence electrons. The number of aliphatic hydroxyl groups is 1. The molecule has 21 heavy (non-hydrogen) atoms. The summed E-state index contributed by atoms with van der Waals surface area (Å²) in [6, 6.07) is -0.140. The maximum atomic E-state index is 11.6. The summed E-state index contributed by atoms with van der Waals surface area (Å²) < 4.78 is 0. The fourth-order valence-electron chi connectivity index (χ4n) is 2.52. The van der Waals surface area contributed by atoms with Crippen LogP contribution in [0.2, 0.25) is 0 Å². The lowest BCUT2D eigenvalue weighted by Crippen LogP contribution is -2.48. The van der Waals surface area contributed by atoms with Gasteiger partial charge in [0.05, 0.1) is 6.10 Å². The van der Waals surface area contributed by atoms with Crippen molar-refractivity contribution in [1.29, 1.82) is 0 Å². The normalized spacial score (nSPS) is 20.0. The largest absolute Gasteiger partial charge is 0.393 e. The summed E-state index contributed by atoms with van der Waals surface area (Å²) in [5.74, 6) is 0.445. The molecule has 2 amide bonds. The van der Waals surface area contributed by atoms with Crippen molar-refractivity contribution >= 4 is 6.03 Å². The Morgan fingerprint density at radius 1 is 1.14 bits per heavy atom. The number of amides is 2. The minimum Gasteiger partial charge on any atom is -0.393 e. The fourth-order valence-corrected chi connectivity index (χ4v) is 2.52. The molecular formula is C15H32N4O2. The van der Waals surface area contributed by atoms with E-state index >= 15 is 0 Å². The van der Waals surface area contributed by atoms with Crippen molar-refractivity contribution in [2.45, 2.75) is 33.3 Å². The maximum absolute atomic E-state index is 11.6. The number of urea groups is 1. The highest BCUT2D eigenvalue weighted by atomic mass is 16.3. The molecule has 1 rings (SSSR count). The molecule has 6 heteroatoms. The zero-order chi connectivity index (χ0) is 15.7. The summed E-state index contributed by atoms with van der Waals surface area (Å²) in [4.78, 5) is 16.5. The number of carbonyl (C=O) groups excluding carboxylic acids is 1. The second-order valence-electron chi connectivity index (χ2n) is 6.11. The van der Waals surface area contributed by atoms with Gasteiger partial charge in [0.15, 0.2) is 0 Å². The first-order valence-corrected chi connectivity index (χ1v) is 8.15. The molecule has 0 bridgehead atoms. The summed E-state index contributed by atoms with van der Waals surface area (Å²) in [5.41, 5.74) is 0. The van der Waals surface area contributed by atoms with Crippen LogP contribution in [0.1, 0.15) is 27.2 Å². The van der Waals surface area contributed by atoms with Gasteiger partial charge in [-0.15, -0.1) is 0 Å². The van der Waals surface area contributed by atoms with Crippen LogP contribution in [0.15, 0.2) is 0 Å². The average molecular weight is 300 g/mol. The predicted octanol–water partition coefficient (Wildman–Crippen LogP) is 0.330. The molecule has 0 saturated carbocycles. The van der Waals surface area contributed by atoms with Crippen molar-refractivity contribution in [2.24, 2.45) is 5.92 Å². The lowest BCUT2D eigenvalue weighted by molar-refractivity contribution is 0.124. The van der Waals surface area contributed by atoms with Gasteiger partial charge >= 0.3 is 6.03 Å². The molecule has 0 radical (unpaired) electrons. The van der Waals surface area contributed by atoms with Gasteiger partial charge in [0, 0.05) is 45.8 Å². The zero-order valence-corrected chi connectivity index (χ0v) is 13.8. The highest BCUT2D eigenvalue weighted by molar-refractivity contribution is 5.73. The fraction of sp³-hybridized carbons (Fsp3) is 0.933. The Balaban J connectivity index is 2.08. The van der Waals surface area contributed by atoms with Crippen LogP contribution in [-0.4, -0.2) is 79.4 Å². The van der Waals surface area contributed by atoms with E-state index in [1.54, 1.807) is 6.92 Å². The van der Waals surface area contributed by atoms with Crippen molar-refractivity contribution in [3.05, 3.63) is 0 Å². The SMILES string of the molecule is CCN1CCN(CC(C)CNC(=O)NCCC(C)O)CC1. The van der Waals surface area contributed by atoms with Crippen LogP contribution in [0.5, 0.6) is 0 Å². The van der Waals surface area contributed by atoms with E-state index in [-0.39, 0.29) is 12.1 Å². The number of piperazine rings is 1. The lowest BCUT2D eigenvalue weighted by Gasteiger charge is -2.35. The van der Waals surface area contributed by atoms with Gasteiger partial charge in [-0.25, -0.2) is 4.79 Å². The predicted molar refractivity (Wildman–Crippen MR) is 85.4 cm³/mol. The molecule has 1 aliphatic rings. The molecule has 0 aromatic carbocycles. The van der Waals surface area contributed by atoms with E-state index in [4.69, 9.17) is 5.11 Å². The highest BCUT2D eigenvalue weighted by Crippen LogP contribution is 2.04. The Hall–Kier alpha value is -0.850. The van der Waals surface area contributed by atoms with Crippen molar-refractivity contribution < 1.29 is 9.90 Å². The van der Waals surface area contributed by atoms with E-state index < -0.39 is 0 Å². The van der Waals surface area contributed by atoms with Crippen molar-refractivity contribution in [3.8, 4) is 0 Å². The molecule has 3 N–H and O–H groups in total. The van der Waals surface area contributed by atoms with E-state index in [2.05, 4.69) is 34.3 Å². The van der Waals surface area contributed by atoms with Crippen LogP contribution < -0.4 is 10.6 Å². The molecule has 0 aromatic rings. The number of aliphatic hydroxyl groups excluding tert-OH is 1. The molecule has 2 atom stereocenters. The maximum Gasteiger partial charge on any atom is 0.314 e. The number of hydrogen-bond acceptors (Lipinski definition) is 4. The smallest absolute Gasteiger partial charge is 0.314 e. The number of carbonyl (C=O) groups is 1. The van der Waals surface area contributed by atoms with Gasteiger partial charge < -0.3 is 25.5 Å².